The second-order valence-corrected chi connectivity index (χ2v) is 6.53. The number of aromatic nitrogens is 2. The number of anilines is 1. The minimum atomic E-state index is -0.511. The van der Waals surface area contributed by atoms with Gasteiger partial charge in [0.05, 0.1) is 30.4 Å². The molecule has 2 heterocycles. The van der Waals surface area contributed by atoms with Gasteiger partial charge in [-0.2, -0.15) is 0 Å². The predicted octanol–water partition coefficient (Wildman–Crippen LogP) is 2.54. The Balaban J connectivity index is 1.48. The number of nitrogens with zero attached hydrogens (tertiary/aromatic N) is 3. The van der Waals surface area contributed by atoms with Gasteiger partial charge in [-0.15, -0.1) is 0 Å². The van der Waals surface area contributed by atoms with Gasteiger partial charge in [0, 0.05) is 37.8 Å². The second-order valence-electron chi connectivity index (χ2n) is 6.53. The Bertz CT molecular complexity index is 1030. The van der Waals surface area contributed by atoms with Crippen molar-refractivity contribution in [2.75, 3.05) is 18.6 Å². The van der Waals surface area contributed by atoms with Crippen LogP contribution in [0.5, 0.6) is 11.5 Å². The zero-order valence-electron chi connectivity index (χ0n) is 15.1. The summed E-state index contributed by atoms with van der Waals surface area (Å²) in [4.78, 5) is 30.8. The number of amides is 1. The van der Waals surface area contributed by atoms with Crippen LogP contribution in [-0.2, 0) is 16.6 Å². The van der Waals surface area contributed by atoms with Crippen molar-refractivity contribution in [1.29, 1.82) is 0 Å². The lowest BCUT2D eigenvalue weighted by Gasteiger charge is -2.17. The van der Waals surface area contributed by atoms with Gasteiger partial charge in [0.15, 0.2) is 0 Å². The average Bonchev–Trinajstić information content (AvgIpc) is 3.25. The van der Waals surface area contributed by atoms with E-state index < -0.39 is 11.9 Å². The van der Waals surface area contributed by atoms with Gasteiger partial charge in [-0.1, -0.05) is 6.07 Å². The van der Waals surface area contributed by atoms with E-state index in [1.165, 1.54) is 0 Å². The van der Waals surface area contributed by atoms with Crippen LogP contribution in [0, 0.1) is 5.92 Å². The molecule has 1 fully saturated rings. The summed E-state index contributed by atoms with van der Waals surface area (Å²) in [7, 11) is 3.47. The number of hydrogen-bond acceptors (Lipinski definition) is 5. The van der Waals surface area contributed by atoms with E-state index in [-0.39, 0.29) is 18.9 Å². The van der Waals surface area contributed by atoms with Crippen LogP contribution in [-0.4, -0.2) is 35.1 Å². The van der Waals surface area contributed by atoms with Crippen molar-refractivity contribution in [3.05, 3.63) is 48.8 Å². The molecule has 1 amide bonds. The maximum Gasteiger partial charge on any atom is 0.316 e. The molecule has 1 aliphatic heterocycles. The number of benzene rings is 2. The van der Waals surface area contributed by atoms with Gasteiger partial charge in [-0.25, -0.2) is 4.98 Å². The molecule has 1 aromatic heterocycles. The standard InChI is InChI=1S/C20H19N3O4/c1-22-12-21-17-10-16(6-7-18(17)22)27-20(25)13-8-19(24)23(11-13)14-4-3-5-15(9-14)26-2/h3-7,9-10,12-13H,8,11H2,1-2H3. The Labute approximate surface area is 156 Å². The first kappa shape index (κ1) is 17.1. The van der Waals surface area contributed by atoms with Crippen molar-refractivity contribution >= 4 is 28.6 Å². The molecule has 0 spiro atoms. The van der Waals surface area contributed by atoms with E-state index in [1.807, 2.05) is 35.9 Å². The summed E-state index contributed by atoms with van der Waals surface area (Å²) in [6.45, 7) is 0.288. The number of fused-ring (bicyclic) bond motifs is 1. The molecule has 138 valence electrons. The maximum absolute atomic E-state index is 12.6. The highest BCUT2D eigenvalue weighted by atomic mass is 16.5. The topological polar surface area (TPSA) is 73.7 Å². The molecule has 1 atom stereocenters. The molecule has 1 aliphatic rings. The number of esters is 1. The van der Waals surface area contributed by atoms with Crippen LogP contribution < -0.4 is 14.4 Å². The number of ether oxygens (including phenoxy) is 2. The summed E-state index contributed by atoms with van der Waals surface area (Å²) in [5.74, 6) is 0.0611. The molecule has 0 radical (unpaired) electrons. The molecule has 7 heteroatoms. The average molecular weight is 365 g/mol. The maximum atomic E-state index is 12.6. The molecular formula is C20H19N3O4. The Hall–Kier alpha value is -3.35. The van der Waals surface area contributed by atoms with Crippen LogP contribution in [0.15, 0.2) is 48.8 Å². The molecule has 0 N–H and O–H groups in total. The largest absolute Gasteiger partial charge is 0.497 e. The lowest BCUT2D eigenvalue weighted by Crippen LogP contribution is -2.27. The van der Waals surface area contributed by atoms with Crippen molar-refractivity contribution in [2.24, 2.45) is 13.0 Å². The first-order valence-electron chi connectivity index (χ1n) is 8.62. The first-order valence-corrected chi connectivity index (χ1v) is 8.62. The zero-order chi connectivity index (χ0) is 19.0. The van der Waals surface area contributed by atoms with E-state index in [0.717, 1.165) is 11.0 Å². The van der Waals surface area contributed by atoms with Crippen LogP contribution in [0.1, 0.15) is 6.42 Å². The zero-order valence-corrected chi connectivity index (χ0v) is 15.1. The van der Waals surface area contributed by atoms with E-state index >= 15 is 0 Å². The number of carbonyl (C=O) groups is 2. The third-order valence-corrected chi connectivity index (χ3v) is 4.74. The van der Waals surface area contributed by atoms with Gasteiger partial charge >= 0.3 is 5.97 Å². The van der Waals surface area contributed by atoms with Crippen LogP contribution in [0.4, 0.5) is 5.69 Å². The summed E-state index contributed by atoms with van der Waals surface area (Å²) in [6.07, 6.45) is 1.83. The third-order valence-electron chi connectivity index (χ3n) is 4.74. The van der Waals surface area contributed by atoms with Gasteiger partial charge in [-0.05, 0) is 24.3 Å². The molecule has 0 saturated carbocycles. The van der Waals surface area contributed by atoms with Crippen LogP contribution in [0.2, 0.25) is 0 Å². The van der Waals surface area contributed by atoms with Crippen molar-refractivity contribution in [3.63, 3.8) is 0 Å². The molecule has 27 heavy (non-hydrogen) atoms. The van der Waals surface area contributed by atoms with E-state index in [2.05, 4.69) is 4.98 Å². The van der Waals surface area contributed by atoms with Gasteiger partial charge in [0.1, 0.15) is 11.5 Å². The lowest BCUT2D eigenvalue weighted by atomic mass is 10.1. The van der Waals surface area contributed by atoms with Crippen LogP contribution in [0.3, 0.4) is 0 Å². The Kier molecular flexibility index (Phi) is 4.27. The molecule has 7 nitrogen and oxygen atoms in total. The first-order chi connectivity index (χ1) is 13.0. The molecular weight excluding hydrogens is 346 g/mol. The quantitative estimate of drug-likeness (QED) is 0.525. The number of aryl methyl sites for hydroxylation is 1. The molecule has 3 aromatic rings. The van der Waals surface area contributed by atoms with Crippen molar-refractivity contribution < 1.29 is 19.1 Å². The molecule has 2 aromatic carbocycles. The van der Waals surface area contributed by atoms with Gasteiger partial charge in [-0.3, -0.25) is 9.59 Å². The monoisotopic (exact) mass is 365 g/mol. The number of methoxy groups -OCH3 is 1. The van der Waals surface area contributed by atoms with Crippen molar-refractivity contribution in [2.45, 2.75) is 6.42 Å². The Morgan fingerprint density at radius 2 is 2.04 bits per heavy atom. The number of rotatable bonds is 4. The highest BCUT2D eigenvalue weighted by Gasteiger charge is 2.36. The molecule has 4 rings (SSSR count). The summed E-state index contributed by atoms with van der Waals surface area (Å²) in [5, 5.41) is 0. The fourth-order valence-corrected chi connectivity index (χ4v) is 3.27. The highest BCUT2D eigenvalue weighted by Crippen LogP contribution is 2.29. The SMILES string of the molecule is COc1cccc(N2CC(C(=O)Oc3ccc4c(c3)ncn4C)CC2=O)c1. The molecule has 0 bridgehead atoms. The van der Waals surface area contributed by atoms with E-state index in [4.69, 9.17) is 9.47 Å². The van der Waals surface area contributed by atoms with Crippen molar-refractivity contribution in [1.82, 2.24) is 9.55 Å². The van der Waals surface area contributed by atoms with Gasteiger partial charge in [0.2, 0.25) is 5.91 Å². The van der Waals surface area contributed by atoms with E-state index in [1.54, 1.807) is 36.5 Å². The van der Waals surface area contributed by atoms with Gasteiger partial charge in [0.25, 0.3) is 0 Å². The normalized spacial score (nSPS) is 16.7. The Morgan fingerprint density at radius 1 is 1.19 bits per heavy atom. The fraction of sp³-hybridized carbons (Fsp3) is 0.250. The minimum Gasteiger partial charge on any atom is -0.497 e. The van der Waals surface area contributed by atoms with Crippen LogP contribution >= 0.6 is 0 Å². The summed E-state index contributed by atoms with van der Waals surface area (Å²) in [6, 6.07) is 12.5. The number of carbonyl (C=O) groups excluding carboxylic acids is 2. The predicted molar refractivity (Wildman–Crippen MR) is 99.8 cm³/mol. The molecule has 0 aliphatic carbocycles. The number of hydrogen-bond donors (Lipinski definition) is 0. The minimum absolute atomic E-state index is 0.106. The van der Waals surface area contributed by atoms with E-state index in [9.17, 15) is 9.59 Å². The van der Waals surface area contributed by atoms with E-state index in [0.29, 0.717) is 17.2 Å². The second kappa shape index (κ2) is 6.75. The van der Waals surface area contributed by atoms with Crippen LogP contribution in [0.25, 0.3) is 11.0 Å². The highest BCUT2D eigenvalue weighted by molar-refractivity contribution is 5.99. The Morgan fingerprint density at radius 3 is 2.85 bits per heavy atom. The summed E-state index contributed by atoms with van der Waals surface area (Å²) in [5.41, 5.74) is 2.42. The molecule has 1 saturated heterocycles. The third kappa shape index (κ3) is 3.23. The summed E-state index contributed by atoms with van der Waals surface area (Å²) < 4.78 is 12.6. The van der Waals surface area contributed by atoms with Gasteiger partial charge < -0.3 is 18.9 Å². The summed E-state index contributed by atoms with van der Waals surface area (Å²) >= 11 is 0. The fourth-order valence-electron chi connectivity index (χ4n) is 3.27. The smallest absolute Gasteiger partial charge is 0.316 e. The van der Waals surface area contributed by atoms with Crippen molar-refractivity contribution in [3.8, 4) is 11.5 Å². The number of imidazole rings is 1. The molecule has 1 unspecified atom stereocenters. The lowest BCUT2D eigenvalue weighted by molar-refractivity contribution is -0.139.